The minimum Gasteiger partial charge on any atom is -0.489 e. The van der Waals surface area contributed by atoms with E-state index in [0.717, 1.165) is 23.4 Å². The first-order valence-corrected chi connectivity index (χ1v) is 9.47. The molecule has 0 saturated heterocycles. The van der Waals surface area contributed by atoms with Gasteiger partial charge in [-0.05, 0) is 55.0 Å². The minimum absolute atomic E-state index is 0.160. The third-order valence-corrected chi connectivity index (χ3v) is 4.80. The summed E-state index contributed by atoms with van der Waals surface area (Å²) in [6.07, 6.45) is 2.56. The number of nitrogens with one attached hydrogen (secondary N) is 1. The van der Waals surface area contributed by atoms with Crippen molar-refractivity contribution < 1.29 is 14.3 Å². The Kier molecular flexibility index (Phi) is 5.21. The van der Waals surface area contributed by atoms with E-state index in [4.69, 9.17) is 21.1 Å². The Hall–Kier alpha value is -2.99. The normalized spacial score (nSPS) is 13.1. The minimum atomic E-state index is -0.160. The predicted octanol–water partition coefficient (Wildman–Crippen LogP) is 3.93. The van der Waals surface area contributed by atoms with E-state index >= 15 is 0 Å². The Bertz CT molecular complexity index is 999. The van der Waals surface area contributed by atoms with Crippen LogP contribution < -0.4 is 14.8 Å². The molecule has 0 saturated carbocycles. The first-order chi connectivity index (χ1) is 13.6. The molecule has 2 heterocycles. The molecule has 1 aliphatic rings. The van der Waals surface area contributed by atoms with E-state index in [1.165, 1.54) is 0 Å². The summed E-state index contributed by atoms with van der Waals surface area (Å²) in [4.78, 5) is 12.5. The first kappa shape index (κ1) is 18.4. The summed E-state index contributed by atoms with van der Waals surface area (Å²) in [5.74, 6) is 1.03. The van der Waals surface area contributed by atoms with Gasteiger partial charge in [-0.15, -0.1) is 0 Å². The van der Waals surface area contributed by atoms with Gasteiger partial charge >= 0.3 is 0 Å². The van der Waals surface area contributed by atoms with E-state index < -0.39 is 0 Å². The number of amides is 1. The maximum atomic E-state index is 12.5. The maximum Gasteiger partial charge on any atom is 0.251 e. The number of carbonyl (C=O) groups excluding carboxylic acids is 1. The molecule has 0 unspecified atom stereocenters. The summed E-state index contributed by atoms with van der Waals surface area (Å²) in [5, 5.41) is 7.67. The average molecular weight is 398 g/mol. The number of hydrogen-bond donors (Lipinski definition) is 1. The predicted molar refractivity (Wildman–Crippen MR) is 107 cm³/mol. The Labute approximate surface area is 168 Å². The third-order valence-electron chi connectivity index (χ3n) is 4.52. The third kappa shape index (κ3) is 3.82. The number of nitrogens with zero attached hydrogens (tertiary/aromatic N) is 2. The van der Waals surface area contributed by atoms with Crippen molar-refractivity contribution in [1.82, 2.24) is 15.1 Å². The Morgan fingerprint density at radius 2 is 1.96 bits per heavy atom. The quantitative estimate of drug-likeness (QED) is 0.724. The summed E-state index contributed by atoms with van der Waals surface area (Å²) in [7, 11) is 0. The smallest absolute Gasteiger partial charge is 0.251 e. The highest BCUT2D eigenvalue weighted by Gasteiger charge is 2.16. The number of halogens is 1. The van der Waals surface area contributed by atoms with Crippen LogP contribution in [-0.4, -0.2) is 28.9 Å². The molecule has 0 radical (unpaired) electrons. The Morgan fingerprint density at radius 3 is 2.71 bits per heavy atom. The topological polar surface area (TPSA) is 65.4 Å². The fourth-order valence-corrected chi connectivity index (χ4v) is 3.35. The second kappa shape index (κ2) is 7.94. The highest BCUT2D eigenvalue weighted by Crippen LogP contribution is 2.37. The molecule has 1 aliphatic heterocycles. The second-order valence-corrected chi connectivity index (χ2v) is 6.98. The molecule has 4 rings (SSSR count). The standard InChI is InChI=1S/C21H20ClN3O3/c1-14-7-8-24-25(14)17-5-3-16(4-6-17)21(26)23-13-15-11-18(22)20-19(12-15)27-9-2-10-28-20/h3-8,11-12H,2,9-10,13H2,1H3,(H,23,26). The zero-order chi connectivity index (χ0) is 19.5. The van der Waals surface area contributed by atoms with Gasteiger partial charge in [-0.25, -0.2) is 4.68 Å². The van der Waals surface area contributed by atoms with E-state index in [2.05, 4.69) is 10.4 Å². The van der Waals surface area contributed by atoms with E-state index in [1.54, 1.807) is 24.4 Å². The van der Waals surface area contributed by atoms with Crippen LogP contribution in [0.25, 0.3) is 5.69 Å². The molecular weight excluding hydrogens is 378 g/mol. The molecule has 28 heavy (non-hydrogen) atoms. The summed E-state index contributed by atoms with van der Waals surface area (Å²) < 4.78 is 13.1. The number of benzene rings is 2. The lowest BCUT2D eigenvalue weighted by molar-refractivity contribution is 0.0951. The van der Waals surface area contributed by atoms with Gasteiger partial charge in [0.15, 0.2) is 11.5 Å². The van der Waals surface area contributed by atoms with Crippen molar-refractivity contribution in [2.45, 2.75) is 19.9 Å². The van der Waals surface area contributed by atoms with Crippen molar-refractivity contribution in [3.05, 3.63) is 70.5 Å². The van der Waals surface area contributed by atoms with Crippen LogP contribution in [0.3, 0.4) is 0 Å². The van der Waals surface area contributed by atoms with Gasteiger partial charge in [0, 0.05) is 30.4 Å². The van der Waals surface area contributed by atoms with Gasteiger partial charge in [0.05, 0.1) is 23.9 Å². The van der Waals surface area contributed by atoms with E-state index in [0.29, 0.717) is 41.8 Å². The number of rotatable bonds is 4. The average Bonchev–Trinajstić information content (AvgIpc) is 2.98. The molecule has 1 aromatic heterocycles. The second-order valence-electron chi connectivity index (χ2n) is 6.57. The number of fused-ring (bicyclic) bond motifs is 1. The van der Waals surface area contributed by atoms with Crippen molar-refractivity contribution in [2.24, 2.45) is 0 Å². The van der Waals surface area contributed by atoms with Crippen molar-refractivity contribution in [3.63, 3.8) is 0 Å². The highest BCUT2D eigenvalue weighted by molar-refractivity contribution is 6.32. The number of aromatic nitrogens is 2. The van der Waals surface area contributed by atoms with Crippen molar-refractivity contribution in [1.29, 1.82) is 0 Å². The molecule has 1 amide bonds. The lowest BCUT2D eigenvalue weighted by Gasteiger charge is -2.12. The molecular formula is C21H20ClN3O3. The van der Waals surface area contributed by atoms with E-state index in [9.17, 15) is 4.79 Å². The molecule has 3 aromatic rings. The van der Waals surface area contributed by atoms with E-state index in [-0.39, 0.29) is 5.91 Å². The Balaban J connectivity index is 1.44. The van der Waals surface area contributed by atoms with Crippen LogP contribution in [0, 0.1) is 6.92 Å². The lowest BCUT2D eigenvalue weighted by atomic mass is 10.1. The van der Waals surface area contributed by atoms with Gasteiger partial charge in [-0.1, -0.05) is 11.6 Å². The zero-order valence-corrected chi connectivity index (χ0v) is 16.2. The number of ether oxygens (including phenoxy) is 2. The molecule has 0 bridgehead atoms. The van der Waals surface area contributed by atoms with Gasteiger partial charge in [-0.2, -0.15) is 5.10 Å². The fraction of sp³-hybridized carbons (Fsp3) is 0.238. The highest BCUT2D eigenvalue weighted by atomic mass is 35.5. The van der Waals surface area contributed by atoms with Gasteiger partial charge in [0.1, 0.15) is 0 Å². The van der Waals surface area contributed by atoms with Crippen LogP contribution in [0.5, 0.6) is 11.5 Å². The first-order valence-electron chi connectivity index (χ1n) is 9.09. The molecule has 0 atom stereocenters. The SMILES string of the molecule is Cc1ccnn1-c1ccc(C(=O)NCc2cc(Cl)c3c(c2)OCCCO3)cc1. The number of hydrogen-bond acceptors (Lipinski definition) is 4. The monoisotopic (exact) mass is 397 g/mol. The summed E-state index contributed by atoms with van der Waals surface area (Å²) in [5.41, 5.74) is 3.37. The van der Waals surface area contributed by atoms with Crippen LogP contribution in [0.4, 0.5) is 0 Å². The van der Waals surface area contributed by atoms with Gasteiger partial charge < -0.3 is 14.8 Å². The van der Waals surface area contributed by atoms with E-state index in [1.807, 2.05) is 35.9 Å². The summed E-state index contributed by atoms with van der Waals surface area (Å²) in [6, 6.07) is 12.9. The van der Waals surface area contributed by atoms with Crippen LogP contribution in [0.1, 0.15) is 28.0 Å². The Morgan fingerprint density at radius 1 is 1.18 bits per heavy atom. The van der Waals surface area contributed by atoms with Crippen LogP contribution in [0.15, 0.2) is 48.7 Å². The fourth-order valence-electron chi connectivity index (χ4n) is 3.06. The van der Waals surface area contributed by atoms with Gasteiger partial charge in [0.2, 0.25) is 0 Å². The van der Waals surface area contributed by atoms with Crippen molar-refractivity contribution in [2.75, 3.05) is 13.2 Å². The molecule has 6 nitrogen and oxygen atoms in total. The molecule has 0 aliphatic carbocycles. The molecule has 144 valence electrons. The molecule has 7 heteroatoms. The largest absolute Gasteiger partial charge is 0.489 e. The zero-order valence-electron chi connectivity index (χ0n) is 15.4. The van der Waals surface area contributed by atoms with Gasteiger partial charge in [0.25, 0.3) is 5.91 Å². The lowest BCUT2D eigenvalue weighted by Crippen LogP contribution is -2.22. The number of aryl methyl sites for hydroxylation is 1. The maximum absolute atomic E-state index is 12.5. The van der Waals surface area contributed by atoms with Gasteiger partial charge in [-0.3, -0.25) is 4.79 Å². The number of carbonyl (C=O) groups is 1. The molecule has 0 fully saturated rings. The van der Waals surface area contributed by atoms with Crippen molar-refractivity contribution >= 4 is 17.5 Å². The van der Waals surface area contributed by atoms with Crippen molar-refractivity contribution in [3.8, 4) is 17.2 Å². The summed E-state index contributed by atoms with van der Waals surface area (Å²) in [6.45, 7) is 3.49. The van der Waals surface area contributed by atoms with Crippen LogP contribution in [-0.2, 0) is 6.54 Å². The molecule has 2 aromatic carbocycles. The summed E-state index contributed by atoms with van der Waals surface area (Å²) >= 11 is 6.31. The van der Waals surface area contributed by atoms with Crippen LogP contribution >= 0.6 is 11.6 Å². The molecule has 1 N–H and O–H groups in total. The molecule has 0 spiro atoms. The van der Waals surface area contributed by atoms with Crippen LogP contribution in [0.2, 0.25) is 5.02 Å².